The molecule has 2 rings (SSSR count). The van der Waals surface area contributed by atoms with E-state index < -0.39 is 44.2 Å². The molecule has 0 heterocycles. The van der Waals surface area contributed by atoms with E-state index in [-0.39, 0.29) is 16.3 Å². The second-order valence-corrected chi connectivity index (χ2v) is 8.45. The Hall–Kier alpha value is -2.67. The van der Waals surface area contributed by atoms with E-state index >= 15 is 0 Å². The number of alkyl halides is 3. The zero-order valence-corrected chi connectivity index (χ0v) is 17.9. The van der Waals surface area contributed by atoms with Crippen LogP contribution in [-0.2, 0) is 25.8 Å². The van der Waals surface area contributed by atoms with Gasteiger partial charge >= 0.3 is 6.18 Å². The summed E-state index contributed by atoms with van der Waals surface area (Å²) < 4.78 is 65.7. The Labute approximate surface area is 180 Å². The standard InChI is InChI=1S/C18H17ClF3N3O5S/c1-10(26)23-12-5-7-15(13(9-12)18(20,21)22)24-17(27)11-4-6-14(19)16(8-11)31(28,29)25(2)30-3/h4-9H,1-3H3,(H,23,26)(H,24,27). The third-order valence-corrected chi connectivity index (χ3v) is 6.12. The summed E-state index contributed by atoms with van der Waals surface area (Å²) in [7, 11) is -2.01. The molecule has 2 N–H and O–H groups in total. The van der Waals surface area contributed by atoms with Gasteiger partial charge in [-0.25, -0.2) is 8.42 Å². The molecule has 2 aromatic carbocycles. The fraction of sp³-hybridized carbons (Fsp3) is 0.222. The lowest BCUT2D eigenvalue weighted by molar-refractivity contribution is -0.137. The molecule has 0 unspecified atom stereocenters. The highest BCUT2D eigenvalue weighted by molar-refractivity contribution is 7.89. The summed E-state index contributed by atoms with van der Waals surface area (Å²) in [4.78, 5) is 27.8. The van der Waals surface area contributed by atoms with E-state index in [9.17, 15) is 31.2 Å². The van der Waals surface area contributed by atoms with Crippen LogP contribution in [0.4, 0.5) is 24.5 Å². The molecule has 2 aromatic rings. The van der Waals surface area contributed by atoms with E-state index in [1.807, 2.05) is 0 Å². The van der Waals surface area contributed by atoms with Crippen LogP contribution in [0.1, 0.15) is 22.8 Å². The summed E-state index contributed by atoms with van der Waals surface area (Å²) in [5.41, 5.74) is -2.15. The number of carbonyl (C=O) groups is 2. The summed E-state index contributed by atoms with van der Waals surface area (Å²) in [5.74, 6) is -1.58. The normalized spacial score (nSPS) is 12.0. The molecule has 31 heavy (non-hydrogen) atoms. The van der Waals surface area contributed by atoms with Crippen LogP contribution < -0.4 is 10.6 Å². The van der Waals surface area contributed by atoms with E-state index in [1.54, 1.807) is 0 Å². The Balaban J connectivity index is 2.44. The number of nitrogens with one attached hydrogen (secondary N) is 2. The van der Waals surface area contributed by atoms with E-state index in [1.165, 1.54) is 6.07 Å². The van der Waals surface area contributed by atoms with E-state index in [2.05, 4.69) is 15.5 Å². The van der Waals surface area contributed by atoms with Gasteiger partial charge in [0.1, 0.15) is 4.90 Å². The lowest BCUT2D eigenvalue weighted by atomic mass is 10.1. The number of halogens is 4. The smallest absolute Gasteiger partial charge is 0.326 e. The Morgan fingerprint density at radius 1 is 1.10 bits per heavy atom. The van der Waals surface area contributed by atoms with Gasteiger partial charge in [-0.2, -0.15) is 13.2 Å². The van der Waals surface area contributed by atoms with Crippen molar-refractivity contribution in [2.75, 3.05) is 24.8 Å². The second kappa shape index (κ2) is 9.22. The van der Waals surface area contributed by atoms with Crippen molar-refractivity contribution in [2.45, 2.75) is 18.0 Å². The van der Waals surface area contributed by atoms with Crippen molar-refractivity contribution < 1.29 is 36.0 Å². The van der Waals surface area contributed by atoms with Gasteiger partial charge < -0.3 is 10.6 Å². The number of carbonyl (C=O) groups excluding carboxylic acids is 2. The monoisotopic (exact) mass is 479 g/mol. The van der Waals surface area contributed by atoms with Crippen molar-refractivity contribution in [2.24, 2.45) is 0 Å². The van der Waals surface area contributed by atoms with Gasteiger partial charge in [0.05, 0.1) is 23.4 Å². The van der Waals surface area contributed by atoms with E-state index in [0.717, 1.165) is 45.3 Å². The van der Waals surface area contributed by atoms with Crippen molar-refractivity contribution in [3.8, 4) is 0 Å². The van der Waals surface area contributed by atoms with Crippen LogP contribution >= 0.6 is 11.6 Å². The highest BCUT2D eigenvalue weighted by Crippen LogP contribution is 2.37. The van der Waals surface area contributed by atoms with Crippen molar-refractivity contribution in [3.05, 3.63) is 52.5 Å². The van der Waals surface area contributed by atoms with Crippen LogP contribution in [-0.4, -0.2) is 38.9 Å². The van der Waals surface area contributed by atoms with Crippen LogP contribution in [0, 0.1) is 0 Å². The Bertz CT molecular complexity index is 1120. The molecule has 0 atom stereocenters. The number of hydroxylamine groups is 1. The van der Waals surface area contributed by atoms with Crippen LogP contribution in [0.25, 0.3) is 0 Å². The predicted octanol–water partition coefficient (Wildman–Crippen LogP) is 3.75. The summed E-state index contributed by atoms with van der Waals surface area (Å²) >= 11 is 5.91. The first kappa shape index (κ1) is 24.6. The van der Waals surface area contributed by atoms with Gasteiger partial charge in [0.2, 0.25) is 5.91 Å². The van der Waals surface area contributed by atoms with Gasteiger partial charge in [-0.3, -0.25) is 14.4 Å². The van der Waals surface area contributed by atoms with Crippen molar-refractivity contribution >= 4 is 44.8 Å². The lowest BCUT2D eigenvalue weighted by Crippen LogP contribution is -2.26. The van der Waals surface area contributed by atoms with Crippen molar-refractivity contribution in [1.82, 2.24) is 4.47 Å². The van der Waals surface area contributed by atoms with Gasteiger partial charge in [0, 0.05) is 25.2 Å². The van der Waals surface area contributed by atoms with Crippen LogP contribution in [0.2, 0.25) is 5.02 Å². The largest absolute Gasteiger partial charge is 0.418 e. The third kappa shape index (κ3) is 5.73. The predicted molar refractivity (Wildman–Crippen MR) is 107 cm³/mol. The van der Waals surface area contributed by atoms with Crippen molar-refractivity contribution in [3.63, 3.8) is 0 Å². The van der Waals surface area contributed by atoms with Crippen LogP contribution in [0.3, 0.4) is 0 Å². The molecule has 0 aromatic heterocycles. The summed E-state index contributed by atoms with van der Waals surface area (Å²) in [5, 5.41) is 4.12. The fourth-order valence-corrected chi connectivity index (χ4v) is 3.92. The molecule has 0 aliphatic heterocycles. The van der Waals surface area contributed by atoms with Gasteiger partial charge in [-0.05, 0) is 36.4 Å². The molecule has 0 aliphatic rings. The highest BCUT2D eigenvalue weighted by atomic mass is 35.5. The molecule has 0 bridgehead atoms. The number of rotatable bonds is 6. The average molecular weight is 480 g/mol. The van der Waals surface area contributed by atoms with Crippen LogP contribution in [0.15, 0.2) is 41.3 Å². The highest BCUT2D eigenvalue weighted by Gasteiger charge is 2.34. The molecular formula is C18H17ClF3N3O5S. The lowest BCUT2D eigenvalue weighted by Gasteiger charge is -2.17. The topological polar surface area (TPSA) is 105 Å². The number of benzene rings is 2. The molecule has 0 fully saturated rings. The molecule has 0 saturated heterocycles. The van der Waals surface area contributed by atoms with Crippen LogP contribution in [0.5, 0.6) is 0 Å². The number of sulfonamides is 1. The molecule has 2 amide bonds. The SMILES string of the molecule is CON(C)S(=O)(=O)c1cc(C(=O)Nc2ccc(NC(C)=O)cc2C(F)(F)F)ccc1Cl. The fourth-order valence-electron chi connectivity index (χ4n) is 2.44. The number of hydrogen-bond acceptors (Lipinski definition) is 5. The maximum absolute atomic E-state index is 13.4. The molecule has 8 nitrogen and oxygen atoms in total. The molecule has 0 radical (unpaired) electrons. The van der Waals surface area contributed by atoms with Gasteiger partial charge in [0.25, 0.3) is 15.9 Å². The molecular weight excluding hydrogens is 463 g/mol. The molecule has 0 spiro atoms. The summed E-state index contributed by atoms with van der Waals surface area (Å²) in [6, 6.07) is 6.01. The zero-order valence-electron chi connectivity index (χ0n) is 16.4. The maximum atomic E-state index is 13.4. The summed E-state index contributed by atoms with van der Waals surface area (Å²) in [6.07, 6.45) is -4.84. The number of hydrogen-bond donors (Lipinski definition) is 2. The van der Waals surface area contributed by atoms with Gasteiger partial charge in [0.15, 0.2) is 0 Å². The Kier molecular flexibility index (Phi) is 7.32. The molecule has 0 saturated carbocycles. The minimum atomic E-state index is -4.84. The number of anilines is 2. The van der Waals surface area contributed by atoms with Crippen molar-refractivity contribution in [1.29, 1.82) is 0 Å². The summed E-state index contributed by atoms with van der Waals surface area (Å²) in [6.45, 7) is 1.14. The van der Waals surface area contributed by atoms with E-state index in [4.69, 9.17) is 11.6 Å². The second-order valence-electron chi connectivity index (χ2n) is 6.14. The average Bonchev–Trinajstić information content (AvgIpc) is 2.67. The third-order valence-electron chi connectivity index (χ3n) is 3.96. The molecule has 0 aliphatic carbocycles. The first-order valence-electron chi connectivity index (χ1n) is 8.40. The van der Waals surface area contributed by atoms with Gasteiger partial charge in [-0.1, -0.05) is 16.1 Å². The van der Waals surface area contributed by atoms with Gasteiger partial charge in [-0.15, -0.1) is 0 Å². The Morgan fingerprint density at radius 3 is 2.29 bits per heavy atom. The maximum Gasteiger partial charge on any atom is 0.418 e. The minimum Gasteiger partial charge on any atom is -0.326 e. The van der Waals surface area contributed by atoms with E-state index in [0.29, 0.717) is 10.5 Å². The Morgan fingerprint density at radius 2 is 1.74 bits per heavy atom. The molecule has 13 heteroatoms. The first-order chi connectivity index (χ1) is 14.3. The number of nitrogens with zero attached hydrogens (tertiary/aromatic N) is 1. The molecule has 168 valence electrons. The zero-order chi connectivity index (χ0) is 23.6. The first-order valence-corrected chi connectivity index (χ1v) is 10.2. The minimum absolute atomic E-state index is 0.111. The number of amides is 2. The quantitative estimate of drug-likeness (QED) is 0.614.